The van der Waals surface area contributed by atoms with Crippen molar-refractivity contribution in [1.29, 1.82) is 0 Å². The molecular weight excluding hydrogens is 546 g/mol. The van der Waals surface area contributed by atoms with Crippen LogP contribution in [0.1, 0.15) is 27.0 Å². The van der Waals surface area contributed by atoms with Crippen LogP contribution in [0.15, 0.2) is 59.5 Å². The van der Waals surface area contributed by atoms with Gasteiger partial charge in [-0.15, -0.1) is 0 Å². The Bertz CT molecular complexity index is 1620. The van der Waals surface area contributed by atoms with Crippen molar-refractivity contribution < 1.29 is 33.0 Å². The number of anilines is 1. The Morgan fingerprint density at radius 2 is 1.56 bits per heavy atom. The number of hydrogen-bond acceptors (Lipinski definition) is 5. The second kappa shape index (κ2) is 10.2. The molecule has 1 aliphatic rings. The van der Waals surface area contributed by atoms with E-state index >= 15 is 0 Å². The van der Waals surface area contributed by atoms with Crippen molar-refractivity contribution in [2.75, 3.05) is 17.8 Å². The molecule has 0 atom stereocenters. The van der Waals surface area contributed by atoms with Crippen molar-refractivity contribution in [3.05, 3.63) is 81.9 Å². The number of amides is 2. The molecule has 0 spiro atoms. The van der Waals surface area contributed by atoms with Gasteiger partial charge >= 0.3 is 12.1 Å². The summed E-state index contributed by atoms with van der Waals surface area (Å²) in [5.74, 6) is -1.95. The third-order valence-electron chi connectivity index (χ3n) is 6.62. The maximum absolute atomic E-state index is 13.1. The van der Waals surface area contributed by atoms with Crippen LogP contribution in [-0.4, -0.2) is 60.1 Å². The second-order valence-electron chi connectivity index (χ2n) is 9.56. The molecule has 39 heavy (non-hydrogen) atoms. The summed E-state index contributed by atoms with van der Waals surface area (Å²) in [6.45, 7) is 4.39. The normalized spacial score (nSPS) is 14.3. The van der Waals surface area contributed by atoms with Gasteiger partial charge in [-0.1, -0.05) is 35.9 Å². The predicted molar refractivity (Wildman–Crippen MR) is 146 cm³/mol. The van der Waals surface area contributed by atoms with Crippen LogP contribution in [0.5, 0.6) is 0 Å². The summed E-state index contributed by atoms with van der Waals surface area (Å²) in [6, 6.07) is 14.8. The maximum atomic E-state index is 13.1. The van der Waals surface area contributed by atoms with Crippen LogP contribution < -0.4 is 10.0 Å². The Kier molecular flexibility index (Phi) is 7.33. The number of rotatable bonds is 7. The lowest BCUT2D eigenvalue weighted by Gasteiger charge is -2.45. The van der Waals surface area contributed by atoms with Gasteiger partial charge in [0.25, 0.3) is 15.9 Å². The zero-order chi connectivity index (χ0) is 28.7. The first-order valence-corrected chi connectivity index (χ1v) is 13.6. The van der Waals surface area contributed by atoms with Gasteiger partial charge in [0.1, 0.15) is 0 Å². The van der Waals surface area contributed by atoms with Gasteiger partial charge in [-0.05, 0) is 78.9 Å². The summed E-state index contributed by atoms with van der Waals surface area (Å²) in [5, 5.41) is 21.5. The minimum Gasteiger partial charge on any atom is -0.479 e. The molecular formula is C27H26ClN3O7S. The molecule has 0 bridgehead atoms. The summed E-state index contributed by atoms with van der Waals surface area (Å²) < 4.78 is 28.8. The van der Waals surface area contributed by atoms with Crippen molar-refractivity contribution in [2.45, 2.75) is 31.2 Å². The zero-order valence-electron chi connectivity index (χ0n) is 21.3. The minimum atomic E-state index is -3.89. The second-order valence-corrected chi connectivity index (χ2v) is 11.6. The first-order chi connectivity index (χ1) is 18.2. The molecule has 12 heteroatoms. The van der Waals surface area contributed by atoms with Crippen molar-refractivity contribution in [2.24, 2.45) is 0 Å². The standard InChI is InChI=1S/C27H26ClN3O7S/c1-15-9-19(7-8-21(15)24(32)29-27(25(33)34)13-31(14-27)26(35)36)18-5-4-6-20(12-18)30-39(37,38)23-11-16(2)22(28)10-17(23)3/h4-12,30H,13-14H2,1-3H3,(H,29,32)(H,33,34)(H,35,36). The van der Waals surface area contributed by atoms with Gasteiger partial charge < -0.3 is 20.4 Å². The molecule has 204 valence electrons. The molecule has 1 saturated heterocycles. The van der Waals surface area contributed by atoms with E-state index in [4.69, 9.17) is 16.7 Å². The Morgan fingerprint density at radius 3 is 2.18 bits per heavy atom. The van der Waals surface area contributed by atoms with Crippen LogP contribution in [0.25, 0.3) is 11.1 Å². The lowest BCUT2D eigenvalue weighted by atomic mass is 9.89. The van der Waals surface area contributed by atoms with E-state index in [2.05, 4.69) is 10.0 Å². The van der Waals surface area contributed by atoms with Gasteiger partial charge in [-0.2, -0.15) is 0 Å². The number of carbonyl (C=O) groups is 3. The van der Waals surface area contributed by atoms with Gasteiger partial charge in [0, 0.05) is 16.3 Å². The molecule has 2 amide bonds. The number of hydrogen-bond donors (Lipinski definition) is 4. The third kappa shape index (κ3) is 5.55. The number of aryl methyl sites for hydroxylation is 3. The number of nitrogens with one attached hydrogen (secondary N) is 2. The van der Waals surface area contributed by atoms with Crippen molar-refractivity contribution in [3.63, 3.8) is 0 Å². The van der Waals surface area contributed by atoms with Gasteiger partial charge in [-0.3, -0.25) is 9.52 Å². The molecule has 0 aromatic heterocycles. The number of aliphatic carboxylic acids is 1. The van der Waals surface area contributed by atoms with E-state index in [9.17, 15) is 27.9 Å². The van der Waals surface area contributed by atoms with E-state index in [0.29, 0.717) is 38.5 Å². The van der Waals surface area contributed by atoms with Crippen molar-refractivity contribution in [3.8, 4) is 11.1 Å². The van der Waals surface area contributed by atoms with Gasteiger partial charge in [0.2, 0.25) is 0 Å². The fraction of sp³-hybridized carbons (Fsp3) is 0.222. The molecule has 4 rings (SSSR count). The lowest BCUT2D eigenvalue weighted by Crippen LogP contribution is -2.75. The Hall–Kier alpha value is -4.09. The summed E-state index contributed by atoms with van der Waals surface area (Å²) >= 11 is 6.11. The topological polar surface area (TPSA) is 153 Å². The summed E-state index contributed by atoms with van der Waals surface area (Å²) in [6.07, 6.45) is -1.26. The van der Waals surface area contributed by atoms with Gasteiger partial charge in [0.15, 0.2) is 5.54 Å². The van der Waals surface area contributed by atoms with E-state index < -0.39 is 33.5 Å². The summed E-state index contributed by atoms with van der Waals surface area (Å²) in [4.78, 5) is 36.7. The van der Waals surface area contributed by atoms with Crippen LogP contribution in [-0.2, 0) is 14.8 Å². The van der Waals surface area contributed by atoms with Crippen LogP contribution in [0.2, 0.25) is 5.02 Å². The molecule has 1 fully saturated rings. The van der Waals surface area contributed by atoms with E-state index in [1.165, 1.54) is 6.07 Å². The number of halogens is 1. The highest BCUT2D eigenvalue weighted by Gasteiger charge is 2.53. The fourth-order valence-electron chi connectivity index (χ4n) is 4.41. The van der Waals surface area contributed by atoms with Crippen molar-refractivity contribution >= 4 is 45.3 Å². The Balaban J connectivity index is 1.55. The van der Waals surface area contributed by atoms with E-state index in [0.717, 1.165) is 4.90 Å². The minimum absolute atomic E-state index is 0.123. The number of carbonyl (C=O) groups excluding carboxylic acids is 1. The lowest BCUT2D eigenvalue weighted by molar-refractivity contribution is -0.150. The highest BCUT2D eigenvalue weighted by molar-refractivity contribution is 7.92. The van der Waals surface area contributed by atoms with Crippen LogP contribution >= 0.6 is 11.6 Å². The van der Waals surface area contributed by atoms with Crippen LogP contribution in [0.3, 0.4) is 0 Å². The maximum Gasteiger partial charge on any atom is 0.407 e. The molecule has 0 unspecified atom stereocenters. The monoisotopic (exact) mass is 571 g/mol. The number of carboxylic acid groups (broad SMARTS) is 2. The van der Waals surface area contributed by atoms with Gasteiger partial charge in [0.05, 0.1) is 18.0 Å². The molecule has 3 aromatic carbocycles. The number of likely N-dealkylation sites (tertiary alicyclic amines) is 1. The number of carboxylic acids is 1. The van der Waals surface area contributed by atoms with Crippen LogP contribution in [0, 0.1) is 20.8 Å². The quantitative estimate of drug-likeness (QED) is 0.330. The largest absolute Gasteiger partial charge is 0.479 e. The molecule has 0 saturated carbocycles. The first-order valence-electron chi connectivity index (χ1n) is 11.8. The average molecular weight is 572 g/mol. The highest BCUT2D eigenvalue weighted by atomic mass is 35.5. The average Bonchev–Trinajstić information content (AvgIpc) is 2.82. The van der Waals surface area contributed by atoms with E-state index in [1.54, 1.807) is 69.3 Å². The molecule has 3 aromatic rings. The third-order valence-corrected chi connectivity index (χ3v) is 8.55. The molecule has 1 aliphatic heterocycles. The van der Waals surface area contributed by atoms with Crippen molar-refractivity contribution in [1.82, 2.24) is 10.2 Å². The molecule has 0 radical (unpaired) electrons. The van der Waals surface area contributed by atoms with E-state index in [-0.39, 0.29) is 23.5 Å². The number of benzene rings is 3. The molecule has 10 nitrogen and oxygen atoms in total. The van der Waals surface area contributed by atoms with E-state index in [1.807, 2.05) is 0 Å². The fourth-order valence-corrected chi connectivity index (χ4v) is 5.99. The Labute approximate surface area is 230 Å². The van der Waals surface area contributed by atoms with Gasteiger partial charge in [-0.25, -0.2) is 18.0 Å². The molecule has 0 aliphatic carbocycles. The molecule has 1 heterocycles. The predicted octanol–water partition coefficient (Wildman–Crippen LogP) is 4.28. The number of sulfonamides is 1. The first kappa shape index (κ1) is 27.9. The summed E-state index contributed by atoms with van der Waals surface area (Å²) in [5.41, 5.74) is 1.99. The summed E-state index contributed by atoms with van der Waals surface area (Å²) in [7, 11) is -3.89. The smallest absolute Gasteiger partial charge is 0.407 e. The Morgan fingerprint density at radius 1 is 0.897 bits per heavy atom. The molecule has 4 N–H and O–H groups in total. The highest BCUT2D eigenvalue weighted by Crippen LogP contribution is 2.29. The SMILES string of the molecule is Cc1cc(S(=O)(=O)Nc2cccc(-c3ccc(C(=O)NC4(C(=O)O)CN(C(=O)O)C4)c(C)c3)c2)c(C)cc1Cl. The zero-order valence-corrected chi connectivity index (χ0v) is 22.9. The van der Waals surface area contributed by atoms with Crippen LogP contribution in [0.4, 0.5) is 10.5 Å². The number of nitrogens with zero attached hydrogens (tertiary/aromatic N) is 1.